The molecule has 0 bridgehead atoms. The third kappa shape index (κ3) is 4.50. The van der Waals surface area contributed by atoms with E-state index in [-0.39, 0.29) is 0 Å². The van der Waals surface area contributed by atoms with Crippen molar-refractivity contribution in [2.45, 2.75) is 39.5 Å². The molecule has 3 aromatic carbocycles. The lowest BCUT2D eigenvalue weighted by Crippen LogP contribution is -2.00. The van der Waals surface area contributed by atoms with E-state index >= 15 is 0 Å². The summed E-state index contributed by atoms with van der Waals surface area (Å²) in [4.78, 5) is 0. The molecule has 0 aliphatic heterocycles. The van der Waals surface area contributed by atoms with Gasteiger partial charge in [0.1, 0.15) is 22.6 Å². The van der Waals surface area contributed by atoms with E-state index in [1.54, 1.807) is 13.8 Å². The molecule has 5 aromatic rings. The number of nitrogens with zero attached hydrogens (tertiary/aromatic N) is 2. The zero-order chi connectivity index (χ0) is 25.1. The van der Waals surface area contributed by atoms with Crippen molar-refractivity contribution in [3.63, 3.8) is 0 Å². The first-order chi connectivity index (χ1) is 17.6. The molecule has 0 aliphatic carbocycles. The fourth-order valence-corrected chi connectivity index (χ4v) is 4.79. The summed E-state index contributed by atoms with van der Waals surface area (Å²) < 4.78 is 12.4. The van der Waals surface area contributed by atoms with Crippen LogP contribution in [0.25, 0.3) is 21.9 Å². The Hall–Kier alpha value is -4.32. The molecule has 0 atom stereocenters. The average molecular weight is 481 g/mol. The molecule has 0 amide bonds. The fraction of sp³-hybridized carbons (Fsp3) is 0.200. The molecule has 0 unspecified atom stereocenters. The molecule has 2 heterocycles. The van der Waals surface area contributed by atoms with Gasteiger partial charge in [0.25, 0.3) is 0 Å². The van der Waals surface area contributed by atoms with Gasteiger partial charge in [-0.25, -0.2) is 0 Å². The number of rotatable bonds is 8. The van der Waals surface area contributed by atoms with E-state index in [1.807, 2.05) is 42.5 Å². The second-order valence-corrected chi connectivity index (χ2v) is 9.01. The Morgan fingerprint density at radius 1 is 0.611 bits per heavy atom. The predicted octanol–water partition coefficient (Wildman–Crippen LogP) is 7.15. The minimum atomic E-state index is 0.430. The van der Waals surface area contributed by atoms with Crippen LogP contribution in [-0.2, 0) is 25.7 Å². The number of hydrogen-bond acceptors (Lipinski definition) is 6. The molecule has 2 N–H and O–H groups in total. The topological polar surface area (TPSA) is 91.5 Å². The number of benzene rings is 3. The highest BCUT2D eigenvalue weighted by atomic mass is 16.4. The predicted molar refractivity (Wildman–Crippen MR) is 142 cm³/mol. The molecule has 0 saturated carbocycles. The second kappa shape index (κ2) is 10.1. The first-order valence-electron chi connectivity index (χ1n) is 12.1. The molecule has 0 aliphatic rings. The van der Waals surface area contributed by atoms with Crippen molar-refractivity contribution in [1.29, 1.82) is 0 Å². The van der Waals surface area contributed by atoms with Crippen molar-refractivity contribution in [3.05, 3.63) is 107 Å². The maximum Gasteiger partial charge on any atom is 0.155 e. The summed E-state index contributed by atoms with van der Waals surface area (Å²) in [5.41, 5.74) is 6.63. The summed E-state index contributed by atoms with van der Waals surface area (Å²) in [6, 6.07) is 24.5. The molecule has 0 spiro atoms. The van der Waals surface area contributed by atoms with Crippen LogP contribution >= 0.6 is 0 Å². The highest BCUT2D eigenvalue weighted by molar-refractivity contribution is 6.07. The summed E-state index contributed by atoms with van der Waals surface area (Å²) in [6.45, 7) is 3.47. The maximum atomic E-state index is 9.49. The number of aryl methyl sites for hydroxylation is 4. The molecule has 6 heteroatoms. The summed E-state index contributed by atoms with van der Waals surface area (Å²) >= 11 is 0. The number of oxime groups is 2. The summed E-state index contributed by atoms with van der Waals surface area (Å²) in [7, 11) is 0. The van der Waals surface area contributed by atoms with E-state index in [4.69, 9.17) is 8.83 Å². The van der Waals surface area contributed by atoms with Gasteiger partial charge in [0.05, 0.1) is 0 Å². The maximum absolute atomic E-state index is 9.49. The van der Waals surface area contributed by atoms with Crippen molar-refractivity contribution < 1.29 is 19.2 Å². The number of hydrogen-bond donors (Lipinski definition) is 2. The van der Waals surface area contributed by atoms with Gasteiger partial charge in [-0.15, -0.1) is 0 Å². The van der Waals surface area contributed by atoms with Crippen molar-refractivity contribution >= 4 is 33.4 Å². The highest BCUT2D eigenvalue weighted by Crippen LogP contribution is 2.36. The molecule has 2 aromatic heterocycles. The molecule has 0 saturated heterocycles. The Morgan fingerprint density at radius 2 is 1.03 bits per heavy atom. The zero-order valence-corrected chi connectivity index (χ0v) is 20.4. The van der Waals surface area contributed by atoms with E-state index in [0.29, 0.717) is 34.1 Å². The van der Waals surface area contributed by atoms with Crippen LogP contribution in [0.5, 0.6) is 0 Å². The van der Waals surface area contributed by atoms with Crippen molar-refractivity contribution in [2.24, 2.45) is 10.3 Å². The molecule has 182 valence electrons. The first-order valence-corrected chi connectivity index (χ1v) is 12.1. The zero-order valence-electron chi connectivity index (χ0n) is 20.4. The van der Waals surface area contributed by atoms with Gasteiger partial charge >= 0.3 is 0 Å². The number of fused-ring (bicyclic) bond motifs is 2. The first kappa shape index (κ1) is 23.4. The Labute approximate surface area is 209 Å². The van der Waals surface area contributed by atoms with Crippen molar-refractivity contribution in [1.82, 2.24) is 0 Å². The Balaban J connectivity index is 1.63. The molecule has 0 fully saturated rings. The third-order valence-electron chi connectivity index (χ3n) is 6.67. The third-order valence-corrected chi connectivity index (χ3v) is 6.67. The van der Waals surface area contributed by atoms with Crippen molar-refractivity contribution in [3.8, 4) is 0 Å². The van der Waals surface area contributed by atoms with Gasteiger partial charge in [-0.3, -0.25) is 0 Å². The van der Waals surface area contributed by atoms with Crippen LogP contribution in [0, 0.1) is 0 Å². The normalized spacial score (nSPS) is 12.6. The summed E-state index contributed by atoms with van der Waals surface area (Å²) in [5.74, 6) is 1.16. The SMILES string of the molecule is CC(=NO)c1oc2cc3oc(C(C)=NO)c(CCc4ccccc4)c3cc2c1CCc1ccccc1. The quantitative estimate of drug-likeness (QED) is 0.140. The smallest absolute Gasteiger partial charge is 0.155 e. The molecule has 5 rings (SSSR count). The van der Waals surface area contributed by atoms with Gasteiger partial charge in [-0.1, -0.05) is 71.0 Å². The van der Waals surface area contributed by atoms with Crippen LogP contribution in [0.1, 0.15) is 47.6 Å². The van der Waals surface area contributed by atoms with Gasteiger partial charge in [0.15, 0.2) is 11.5 Å². The van der Waals surface area contributed by atoms with E-state index in [0.717, 1.165) is 47.6 Å². The van der Waals surface area contributed by atoms with Crippen LogP contribution in [0.3, 0.4) is 0 Å². The van der Waals surface area contributed by atoms with E-state index in [9.17, 15) is 10.4 Å². The highest BCUT2D eigenvalue weighted by Gasteiger charge is 2.22. The molecular weight excluding hydrogens is 452 g/mol. The van der Waals surface area contributed by atoms with Crippen LogP contribution < -0.4 is 0 Å². The van der Waals surface area contributed by atoms with Gasteiger partial charge in [-0.2, -0.15) is 0 Å². The Kier molecular flexibility index (Phi) is 6.58. The van der Waals surface area contributed by atoms with Crippen LogP contribution in [0.15, 0.2) is 91.9 Å². The van der Waals surface area contributed by atoms with Crippen LogP contribution in [-0.4, -0.2) is 21.8 Å². The summed E-state index contributed by atoms with van der Waals surface area (Å²) in [5, 5.41) is 27.7. The van der Waals surface area contributed by atoms with Crippen LogP contribution in [0.4, 0.5) is 0 Å². The Morgan fingerprint density at radius 3 is 1.42 bits per heavy atom. The lowest BCUT2D eigenvalue weighted by molar-refractivity contribution is 0.317. The minimum Gasteiger partial charge on any atom is -0.454 e. The van der Waals surface area contributed by atoms with Crippen LogP contribution in [0.2, 0.25) is 0 Å². The standard InChI is InChI=1S/C30H28N2O4/c1-19(31-33)29-23(15-13-21-9-5-3-6-10-21)25-17-26-24(16-14-22-11-7-4-8-12-22)30(20(2)32-34)36-28(26)18-27(25)35-29/h3-12,17-18,33-34H,13-16H2,1-2H3. The molecular formula is C30H28N2O4. The monoisotopic (exact) mass is 480 g/mol. The minimum absolute atomic E-state index is 0.430. The number of furan rings is 2. The molecule has 0 radical (unpaired) electrons. The van der Waals surface area contributed by atoms with E-state index < -0.39 is 0 Å². The Bertz CT molecular complexity index is 1450. The lowest BCUT2D eigenvalue weighted by Gasteiger charge is -2.05. The van der Waals surface area contributed by atoms with Gasteiger partial charge in [-0.05, 0) is 56.7 Å². The lowest BCUT2D eigenvalue weighted by atomic mass is 9.97. The largest absolute Gasteiger partial charge is 0.454 e. The van der Waals surface area contributed by atoms with Gasteiger partial charge < -0.3 is 19.2 Å². The van der Waals surface area contributed by atoms with E-state index in [2.05, 4.69) is 40.6 Å². The van der Waals surface area contributed by atoms with Gasteiger partial charge in [0, 0.05) is 28.0 Å². The molecule has 6 nitrogen and oxygen atoms in total. The van der Waals surface area contributed by atoms with E-state index in [1.165, 1.54) is 11.1 Å². The van der Waals surface area contributed by atoms with Crippen molar-refractivity contribution in [2.75, 3.05) is 0 Å². The molecule has 36 heavy (non-hydrogen) atoms. The fourth-order valence-electron chi connectivity index (χ4n) is 4.79. The van der Waals surface area contributed by atoms with Gasteiger partial charge in [0.2, 0.25) is 0 Å². The summed E-state index contributed by atoms with van der Waals surface area (Å²) in [6.07, 6.45) is 3.11. The average Bonchev–Trinajstić information content (AvgIpc) is 3.47. The second-order valence-electron chi connectivity index (χ2n) is 9.01.